The molecule has 0 saturated carbocycles. The van der Waals surface area contributed by atoms with Crippen LogP contribution in [0.2, 0.25) is 0 Å². The van der Waals surface area contributed by atoms with Crippen LogP contribution >= 0.6 is 0 Å². The number of nitrogens with one attached hydrogen (secondary N) is 2. The van der Waals surface area contributed by atoms with E-state index in [4.69, 9.17) is 0 Å². The van der Waals surface area contributed by atoms with Crippen LogP contribution < -0.4 is 10.6 Å². The third kappa shape index (κ3) is 3.08. The van der Waals surface area contributed by atoms with Gasteiger partial charge < -0.3 is 15.2 Å². The second-order valence-electron chi connectivity index (χ2n) is 5.70. The van der Waals surface area contributed by atoms with Gasteiger partial charge in [0.25, 0.3) is 0 Å². The van der Waals surface area contributed by atoms with Crippen LogP contribution in [-0.2, 0) is 11.3 Å². The number of aryl methyl sites for hydroxylation is 2. The van der Waals surface area contributed by atoms with E-state index in [0.717, 1.165) is 33.7 Å². The summed E-state index contributed by atoms with van der Waals surface area (Å²) in [6.07, 6.45) is 5.46. The summed E-state index contributed by atoms with van der Waals surface area (Å²) in [5, 5.41) is 7.18. The predicted octanol–water partition coefficient (Wildman–Crippen LogP) is 2.93. The Morgan fingerprint density at radius 3 is 2.71 bits per heavy atom. The summed E-state index contributed by atoms with van der Waals surface area (Å²) in [6, 6.07) is 5.86. The normalized spacial score (nSPS) is 10.8. The molecule has 0 aliphatic rings. The van der Waals surface area contributed by atoms with Crippen molar-refractivity contribution in [2.24, 2.45) is 0 Å². The molecule has 124 valence electrons. The fourth-order valence-corrected chi connectivity index (χ4v) is 2.77. The van der Waals surface area contributed by atoms with Gasteiger partial charge in [-0.2, -0.15) is 0 Å². The number of rotatable bonds is 5. The standard InChI is InChI=1S/C18H21N5O/c1-4-19-16(24)11-23-10-7-14-15(23)6-9-21-18(14)22-17-12(2)5-8-20-13(17)3/h5-10H,4,11H2,1-3H3,(H,19,24)(H,21,22). The quantitative estimate of drug-likeness (QED) is 0.757. The first-order valence-corrected chi connectivity index (χ1v) is 8.00. The average Bonchev–Trinajstić information content (AvgIpc) is 2.95. The highest BCUT2D eigenvalue weighted by molar-refractivity contribution is 5.93. The van der Waals surface area contributed by atoms with E-state index in [1.165, 1.54) is 0 Å². The van der Waals surface area contributed by atoms with Gasteiger partial charge in [-0.1, -0.05) is 0 Å². The molecule has 0 atom stereocenters. The lowest BCUT2D eigenvalue weighted by atomic mass is 10.2. The maximum atomic E-state index is 11.8. The zero-order chi connectivity index (χ0) is 17.1. The molecule has 3 rings (SSSR count). The van der Waals surface area contributed by atoms with E-state index in [-0.39, 0.29) is 5.91 Å². The van der Waals surface area contributed by atoms with Gasteiger partial charge in [0.15, 0.2) is 0 Å². The lowest BCUT2D eigenvalue weighted by molar-refractivity contribution is -0.121. The van der Waals surface area contributed by atoms with Crippen molar-refractivity contribution >= 4 is 28.3 Å². The molecule has 6 nitrogen and oxygen atoms in total. The van der Waals surface area contributed by atoms with Crippen LogP contribution in [0.4, 0.5) is 11.5 Å². The van der Waals surface area contributed by atoms with Gasteiger partial charge in [-0.25, -0.2) is 4.98 Å². The summed E-state index contributed by atoms with van der Waals surface area (Å²) in [7, 11) is 0. The monoisotopic (exact) mass is 323 g/mol. The predicted molar refractivity (Wildman–Crippen MR) is 95.4 cm³/mol. The van der Waals surface area contributed by atoms with Crippen molar-refractivity contribution in [2.75, 3.05) is 11.9 Å². The zero-order valence-corrected chi connectivity index (χ0v) is 14.1. The molecular weight excluding hydrogens is 302 g/mol. The van der Waals surface area contributed by atoms with Crippen LogP contribution in [0.5, 0.6) is 0 Å². The smallest absolute Gasteiger partial charge is 0.239 e. The lowest BCUT2D eigenvalue weighted by Gasteiger charge is -2.12. The number of carbonyl (C=O) groups excluding carboxylic acids is 1. The molecule has 0 spiro atoms. The Hall–Kier alpha value is -2.89. The number of hydrogen-bond donors (Lipinski definition) is 2. The minimum Gasteiger partial charge on any atom is -0.355 e. The van der Waals surface area contributed by atoms with Gasteiger partial charge in [0.2, 0.25) is 5.91 Å². The maximum Gasteiger partial charge on any atom is 0.239 e. The summed E-state index contributed by atoms with van der Waals surface area (Å²) in [5.74, 6) is 0.765. The van der Waals surface area contributed by atoms with Gasteiger partial charge >= 0.3 is 0 Å². The van der Waals surface area contributed by atoms with Crippen LogP contribution in [0, 0.1) is 13.8 Å². The van der Waals surface area contributed by atoms with Gasteiger partial charge in [-0.3, -0.25) is 9.78 Å². The van der Waals surface area contributed by atoms with Crippen molar-refractivity contribution in [1.82, 2.24) is 19.9 Å². The van der Waals surface area contributed by atoms with Gasteiger partial charge in [0.05, 0.1) is 16.9 Å². The Balaban J connectivity index is 1.96. The van der Waals surface area contributed by atoms with Gasteiger partial charge in [-0.05, 0) is 44.5 Å². The zero-order valence-electron chi connectivity index (χ0n) is 14.1. The highest BCUT2D eigenvalue weighted by Crippen LogP contribution is 2.27. The third-order valence-electron chi connectivity index (χ3n) is 3.98. The molecule has 1 amide bonds. The Bertz CT molecular complexity index is 864. The minimum atomic E-state index is 0.000250. The number of hydrogen-bond acceptors (Lipinski definition) is 4. The minimum absolute atomic E-state index is 0.000250. The molecule has 0 aromatic carbocycles. The summed E-state index contributed by atoms with van der Waals surface area (Å²) in [6.45, 7) is 6.85. The van der Waals surface area contributed by atoms with Crippen LogP contribution in [0.25, 0.3) is 10.9 Å². The average molecular weight is 323 g/mol. The molecule has 0 fully saturated rings. The molecule has 6 heteroatoms. The van der Waals surface area contributed by atoms with Crippen LogP contribution in [-0.4, -0.2) is 27.0 Å². The largest absolute Gasteiger partial charge is 0.355 e. The number of pyridine rings is 2. The highest BCUT2D eigenvalue weighted by Gasteiger charge is 2.11. The lowest BCUT2D eigenvalue weighted by Crippen LogP contribution is -2.26. The van der Waals surface area contributed by atoms with Crippen LogP contribution in [0.3, 0.4) is 0 Å². The first-order chi connectivity index (χ1) is 11.6. The fourth-order valence-electron chi connectivity index (χ4n) is 2.77. The van der Waals surface area contributed by atoms with Gasteiger partial charge in [-0.15, -0.1) is 0 Å². The number of aromatic nitrogens is 3. The van der Waals surface area contributed by atoms with E-state index in [9.17, 15) is 4.79 Å². The molecule has 24 heavy (non-hydrogen) atoms. The number of likely N-dealkylation sites (N-methyl/N-ethyl adjacent to an activating group) is 1. The summed E-state index contributed by atoms with van der Waals surface area (Å²) >= 11 is 0. The number of fused-ring (bicyclic) bond motifs is 1. The van der Waals surface area contributed by atoms with E-state index >= 15 is 0 Å². The summed E-state index contributed by atoms with van der Waals surface area (Å²) in [5.41, 5.74) is 3.98. The highest BCUT2D eigenvalue weighted by atomic mass is 16.1. The van der Waals surface area contributed by atoms with Crippen molar-refractivity contribution in [3.05, 3.63) is 48.0 Å². The molecule has 0 unspecified atom stereocenters. The van der Waals surface area contributed by atoms with Crippen LogP contribution in [0.15, 0.2) is 36.8 Å². The molecule has 0 aliphatic carbocycles. The molecule has 0 bridgehead atoms. The van der Waals surface area contributed by atoms with Gasteiger partial charge in [0, 0.05) is 30.5 Å². The van der Waals surface area contributed by atoms with E-state index in [0.29, 0.717) is 13.1 Å². The Morgan fingerprint density at radius 2 is 1.96 bits per heavy atom. The molecule has 3 heterocycles. The first kappa shape index (κ1) is 16.0. The number of nitrogens with zero attached hydrogens (tertiary/aromatic N) is 3. The van der Waals surface area contributed by atoms with Crippen molar-refractivity contribution < 1.29 is 4.79 Å². The Labute approximate surface area is 140 Å². The fraction of sp³-hybridized carbons (Fsp3) is 0.278. The second-order valence-corrected chi connectivity index (χ2v) is 5.70. The van der Waals surface area contributed by atoms with E-state index < -0.39 is 0 Å². The van der Waals surface area contributed by atoms with Crippen molar-refractivity contribution in [1.29, 1.82) is 0 Å². The van der Waals surface area contributed by atoms with E-state index in [2.05, 4.69) is 20.6 Å². The molecular formula is C18H21N5O. The molecule has 0 aliphatic heterocycles. The first-order valence-electron chi connectivity index (χ1n) is 8.00. The van der Waals surface area contributed by atoms with Crippen molar-refractivity contribution in [3.8, 4) is 0 Å². The number of carbonyl (C=O) groups is 1. The summed E-state index contributed by atoms with van der Waals surface area (Å²) < 4.78 is 1.93. The summed E-state index contributed by atoms with van der Waals surface area (Å²) in [4.78, 5) is 20.6. The van der Waals surface area contributed by atoms with Gasteiger partial charge in [0.1, 0.15) is 12.4 Å². The molecule has 2 N–H and O–H groups in total. The van der Waals surface area contributed by atoms with E-state index in [1.54, 1.807) is 12.4 Å². The number of amides is 1. The molecule has 0 radical (unpaired) electrons. The molecule has 0 saturated heterocycles. The third-order valence-corrected chi connectivity index (χ3v) is 3.98. The van der Waals surface area contributed by atoms with Crippen molar-refractivity contribution in [2.45, 2.75) is 27.3 Å². The molecule has 3 aromatic heterocycles. The van der Waals surface area contributed by atoms with Crippen LogP contribution in [0.1, 0.15) is 18.2 Å². The number of anilines is 2. The van der Waals surface area contributed by atoms with E-state index in [1.807, 2.05) is 49.7 Å². The second kappa shape index (κ2) is 6.70. The topological polar surface area (TPSA) is 71.8 Å². The molecule has 3 aromatic rings. The Kier molecular flexibility index (Phi) is 4.46. The SMILES string of the molecule is CCNC(=O)Cn1ccc2c(Nc3c(C)ccnc3C)nccc21. The maximum absolute atomic E-state index is 11.8. The van der Waals surface area contributed by atoms with Crippen molar-refractivity contribution in [3.63, 3.8) is 0 Å². The Morgan fingerprint density at radius 1 is 1.17 bits per heavy atom.